The molecule has 10 nitrogen and oxygen atoms in total. The number of aromatic amines is 1. The number of H-pyrrole nitrogens is 1. The lowest BCUT2D eigenvalue weighted by molar-refractivity contribution is -0.115. The highest BCUT2D eigenvalue weighted by molar-refractivity contribution is 5.98. The van der Waals surface area contributed by atoms with E-state index in [0.717, 1.165) is 12.8 Å². The topological polar surface area (TPSA) is 142 Å². The highest BCUT2D eigenvalue weighted by atomic mass is 16.2. The van der Waals surface area contributed by atoms with Gasteiger partial charge in [0.05, 0.1) is 6.54 Å². The molecule has 2 aromatic rings. The first kappa shape index (κ1) is 26.7. The van der Waals surface area contributed by atoms with E-state index in [4.69, 9.17) is 5.73 Å². The van der Waals surface area contributed by atoms with Crippen LogP contribution in [0.4, 0.5) is 17.2 Å². The maximum atomic E-state index is 12.9. The van der Waals surface area contributed by atoms with Crippen LogP contribution >= 0.6 is 0 Å². The molecule has 0 saturated heterocycles. The Labute approximate surface area is 199 Å². The van der Waals surface area contributed by atoms with Crippen LogP contribution in [0, 0.1) is 5.92 Å². The summed E-state index contributed by atoms with van der Waals surface area (Å²) in [6.07, 6.45) is 2.30. The molecule has 2 rings (SSSR count). The Bertz CT molecular complexity index is 1110. The number of anilines is 3. The quantitative estimate of drug-likeness (QED) is 0.373. The van der Waals surface area contributed by atoms with Gasteiger partial charge in [0.1, 0.15) is 11.5 Å². The minimum atomic E-state index is -0.620. The highest BCUT2D eigenvalue weighted by Gasteiger charge is 2.21. The summed E-state index contributed by atoms with van der Waals surface area (Å²) in [4.78, 5) is 54.0. The molecule has 5 N–H and O–H groups in total. The average Bonchev–Trinajstić information content (AvgIpc) is 2.77. The van der Waals surface area contributed by atoms with Gasteiger partial charge in [0.15, 0.2) is 0 Å². The van der Waals surface area contributed by atoms with Crippen LogP contribution in [0.3, 0.4) is 0 Å². The lowest BCUT2D eigenvalue weighted by atomic mass is 10.1. The van der Waals surface area contributed by atoms with E-state index < -0.39 is 11.2 Å². The van der Waals surface area contributed by atoms with E-state index >= 15 is 0 Å². The zero-order valence-electron chi connectivity index (χ0n) is 20.4. The summed E-state index contributed by atoms with van der Waals surface area (Å²) in [7, 11) is 0. The minimum absolute atomic E-state index is 0.0528. The monoisotopic (exact) mass is 472 g/mol. The summed E-state index contributed by atoms with van der Waals surface area (Å²) < 4.78 is 1.34. The number of nitrogens with one attached hydrogen (secondary N) is 3. The number of hydrogen-bond acceptors (Lipinski definition) is 6. The predicted molar refractivity (Wildman–Crippen MR) is 135 cm³/mol. The van der Waals surface area contributed by atoms with Gasteiger partial charge < -0.3 is 21.3 Å². The molecule has 0 fully saturated rings. The Morgan fingerprint density at radius 2 is 1.94 bits per heavy atom. The zero-order chi connectivity index (χ0) is 25.3. The van der Waals surface area contributed by atoms with Gasteiger partial charge in [-0.05, 0) is 43.9 Å². The number of rotatable bonds is 12. The normalized spacial score (nSPS) is 10.9. The first-order chi connectivity index (χ1) is 16.2. The van der Waals surface area contributed by atoms with Crippen molar-refractivity contribution in [3.63, 3.8) is 0 Å². The number of benzene rings is 1. The smallest absolute Gasteiger partial charge is 0.330 e. The Kier molecular flexibility index (Phi) is 9.91. The van der Waals surface area contributed by atoms with Crippen LogP contribution in [0.25, 0.3) is 0 Å². The molecular weight excluding hydrogens is 436 g/mol. The fourth-order valence-corrected chi connectivity index (χ4v) is 3.48. The number of carbonyl (C=O) groups is 2. The second-order valence-electron chi connectivity index (χ2n) is 8.59. The Balaban J connectivity index is 2.32. The molecule has 0 bridgehead atoms. The van der Waals surface area contributed by atoms with Crippen LogP contribution in [0.2, 0.25) is 0 Å². The minimum Gasteiger partial charge on any atom is -0.383 e. The third-order valence-corrected chi connectivity index (χ3v) is 5.32. The number of carbonyl (C=O) groups excluding carboxylic acids is 2. The number of nitrogens with zero attached hydrogens (tertiary/aromatic N) is 2. The molecule has 0 radical (unpaired) electrons. The van der Waals surface area contributed by atoms with Gasteiger partial charge in [-0.1, -0.05) is 33.3 Å². The summed E-state index contributed by atoms with van der Waals surface area (Å²) in [5.41, 5.74) is 6.10. The zero-order valence-corrected chi connectivity index (χ0v) is 20.4. The molecule has 34 heavy (non-hydrogen) atoms. The first-order valence-electron chi connectivity index (χ1n) is 11.7. The van der Waals surface area contributed by atoms with Gasteiger partial charge in [0, 0.05) is 30.9 Å². The Morgan fingerprint density at radius 3 is 2.59 bits per heavy atom. The van der Waals surface area contributed by atoms with Gasteiger partial charge in [-0.2, -0.15) is 0 Å². The van der Waals surface area contributed by atoms with Gasteiger partial charge in [-0.15, -0.1) is 0 Å². The van der Waals surface area contributed by atoms with E-state index in [9.17, 15) is 19.2 Å². The third kappa shape index (κ3) is 7.23. The number of hydrogen-bond donors (Lipinski definition) is 4. The van der Waals surface area contributed by atoms with Crippen molar-refractivity contribution in [3.8, 4) is 0 Å². The maximum absolute atomic E-state index is 12.9. The van der Waals surface area contributed by atoms with E-state index in [2.05, 4.69) is 15.6 Å². The molecular formula is C24H36N6O4. The fraction of sp³-hybridized carbons (Fsp3) is 0.500. The van der Waals surface area contributed by atoms with Crippen molar-refractivity contribution in [2.24, 2.45) is 5.92 Å². The third-order valence-electron chi connectivity index (χ3n) is 5.32. The van der Waals surface area contributed by atoms with Crippen molar-refractivity contribution in [1.82, 2.24) is 14.9 Å². The Hall–Kier alpha value is -3.56. The van der Waals surface area contributed by atoms with Crippen molar-refractivity contribution in [2.75, 3.05) is 35.6 Å². The number of nitrogen functional groups attached to an aromatic ring is 1. The number of aromatic nitrogens is 2. The van der Waals surface area contributed by atoms with E-state index in [1.54, 1.807) is 29.2 Å². The number of nitrogens with two attached hydrogens (primary N) is 1. The molecule has 0 unspecified atom stereocenters. The van der Waals surface area contributed by atoms with Gasteiger partial charge >= 0.3 is 5.69 Å². The van der Waals surface area contributed by atoms with Crippen molar-refractivity contribution in [1.29, 1.82) is 0 Å². The summed E-state index contributed by atoms with van der Waals surface area (Å²) in [5.74, 6) is -0.227. The SMILES string of the molecule is CCCCn1c(N)c(N(CCC(C)C)CC(=O)Nc2cccc(C(=O)NCC)c2)c(=O)[nH]c1=O. The summed E-state index contributed by atoms with van der Waals surface area (Å²) in [6.45, 7) is 9.04. The fourth-order valence-electron chi connectivity index (χ4n) is 3.48. The van der Waals surface area contributed by atoms with Crippen molar-refractivity contribution < 1.29 is 9.59 Å². The molecule has 1 heterocycles. The molecule has 0 aliphatic carbocycles. The molecule has 10 heteroatoms. The molecule has 0 atom stereocenters. The predicted octanol–water partition coefficient (Wildman–Crippen LogP) is 2.16. The van der Waals surface area contributed by atoms with E-state index in [0.29, 0.717) is 43.2 Å². The molecule has 0 aliphatic heterocycles. The number of unbranched alkanes of at least 4 members (excludes halogenated alkanes) is 1. The lowest BCUT2D eigenvalue weighted by Crippen LogP contribution is -2.42. The molecule has 0 saturated carbocycles. The van der Waals surface area contributed by atoms with Gasteiger partial charge in [0.2, 0.25) is 5.91 Å². The average molecular weight is 473 g/mol. The van der Waals surface area contributed by atoms with Crippen LogP contribution in [0.1, 0.15) is 57.3 Å². The van der Waals surface area contributed by atoms with Crippen molar-refractivity contribution in [3.05, 3.63) is 50.7 Å². The summed E-state index contributed by atoms with van der Waals surface area (Å²) in [5, 5.41) is 5.50. The van der Waals surface area contributed by atoms with Crippen LogP contribution in [0.15, 0.2) is 33.9 Å². The Morgan fingerprint density at radius 1 is 1.21 bits per heavy atom. The van der Waals surface area contributed by atoms with Crippen LogP contribution < -0.4 is 32.5 Å². The molecule has 186 valence electrons. The second kappa shape index (κ2) is 12.6. The van der Waals surface area contributed by atoms with Gasteiger partial charge in [-0.25, -0.2) is 4.79 Å². The van der Waals surface area contributed by atoms with E-state index in [1.165, 1.54) is 4.57 Å². The van der Waals surface area contributed by atoms with Crippen molar-refractivity contribution in [2.45, 2.75) is 53.5 Å². The molecule has 2 amide bonds. The largest absolute Gasteiger partial charge is 0.383 e. The number of amides is 2. The summed E-state index contributed by atoms with van der Waals surface area (Å²) >= 11 is 0. The van der Waals surface area contributed by atoms with E-state index in [-0.39, 0.29) is 29.9 Å². The summed E-state index contributed by atoms with van der Waals surface area (Å²) in [6, 6.07) is 6.62. The van der Waals surface area contributed by atoms with Crippen molar-refractivity contribution >= 4 is 29.0 Å². The van der Waals surface area contributed by atoms with Crippen LogP contribution in [0.5, 0.6) is 0 Å². The van der Waals surface area contributed by atoms with Crippen LogP contribution in [-0.2, 0) is 11.3 Å². The molecule has 1 aromatic carbocycles. The van der Waals surface area contributed by atoms with E-state index in [1.807, 2.05) is 27.7 Å². The maximum Gasteiger partial charge on any atom is 0.330 e. The second-order valence-corrected chi connectivity index (χ2v) is 8.59. The van der Waals surface area contributed by atoms with Crippen LogP contribution in [-0.4, -0.2) is 41.0 Å². The lowest BCUT2D eigenvalue weighted by Gasteiger charge is -2.26. The van der Waals surface area contributed by atoms with Gasteiger partial charge in [-0.3, -0.25) is 23.9 Å². The first-order valence-corrected chi connectivity index (χ1v) is 11.7. The highest BCUT2D eigenvalue weighted by Crippen LogP contribution is 2.19. The standard InChI is InChI=1S/C24H36N6O4/c1-5-7-12-30-21(25)20(23(33)28-24(30)34)29(13-11-16(3)4)15-19(31)27-18-10-8-9-17(14-18)22(32)26-6-2/h8-10,14,16H,5-7,11-13,15,25H2,1-4H3,(H,26,32)(H,27,31)(H,28,33,34). The van der Waals surface area contributed by atoms with Gasteiger partial charge in [0.25, 0.3) is 11.5 Å². The molecule has 1 aromatic heterocycles. The molecule has 0 spiro atoms. The molecule has 0 aliphatic rings.